The SMILES string of the molecule is CC(C)c1coc[n+]1CC(C)c1ncc[nH]1. The Labute approximate surface area is 95.3 Å². The number of oxazole rings is 1. The monoisotopic (exact) mass is 220 g/mol. The maximum absolute atomic E-state index is 5.26. The van der Waals surface area contributed by atoms with Crippen LogP contribution in [0, 0.1) is 0 Å². The van der Waals surface area contributed by atoms with Gasteiger partial charge in [0.15, 0.2) is 12.8 Å². The summed E-state index contributed by atoms with van der Waals surface area (Å²) in [6.45, 7) is 7.37. The molecule has 16 heavy (non-hydrogen) atoms. The Balaban J connectivity index is 2.12. The summed E-state index contributed by atoms with van der Waals surface area (Å²) in [6, 6.07) is 0. The molecular weight excluding hydrogens is 202 g/mol. The van der Waals surface area contributed by atoms with E-state index in [0.717, 1.165) is 12.4 Å². The first-order valence-corrected chi connectivity index (χ1v) is 5.63. The van der Waals surface area contributed by atoms with Gasteiger partial charge in [-0.15, -0.1) is 0 Å². The van der Waals surface area contributed by atoms with Gasteiger partial charge in [-0.1, -0.05) is 13.8 Å². The molecule has 1 unspecified atom stereocenters. The van der Waals surface area contributed by atoms with Crippen molar-refractivity contribution in [1.29, 1.82) is 0 Å². The maximum Gasteiger partial charge on any atom is 0.334 e. The molecule has 0 aliphatic heterocycles. The number of aromatic nitrogens is 3. The van der Waals surface area contributed by atoms with E-state index >= 15 is 0 Å². The number of H-pyrrole nitrogens is 1. The lowest BCUT2D eigenvalue weighted by Gasteiger charge is -2.05. The Kier molecular flexibility index (Phi) is 3.08. The lowest BCUT2D eigenvalue weighted by molar-refractivity contribution is -0.709. The van der Waals surface area contributed by atoms with Gasteiger partial charge in [0.25, 0.3) is 0 Å². The second-order valence-electron chi connectivity index (χ2n) is 4.47. The van der Waals surface area contributed by atoms with E-state index < -0.39 is 0 Å². The van der Waals surface area contributed by atoms with Crippen LogP contribution in [0.5, 0.6) is 0 Å². The van der Waals surface area contributed by atoms with Crippen LogP contribution >= 0.6 is 0 Å². The third kappa shape index (κ3) is 2.15. The van der Waals surface area contributed by atoms with E-state index in [1.54, 1.807) is 12.6 Å². The number of rotatable bonds is 4. The van der Waals surface area contributed by atoms with Gasteiger partial charge in [-0.3, -0.25) is 0 Å². The molecule has 0 bridgehead atoms. The first kappa shape index (κ1) is 10.9. The molecule has 2 aromatic rings. The van der Waals surface area contributed by atoms with Gasteiger partial charge in [-0.2, -0.15) is 4.57 Å². The van der Waals surface area contributed by atoms with Crippen molar-refractivity contribution in [2.75, 3.05) is 0 Å². The summed E-state index contributed by atoms with van der Waals surface area (Å²) in [5.41, 5.74) is 1.22. The van der Waals surface area contributed by atoms with E-state index in [1.807, 2.05) is 12.5 Å². The smallest absolute Gasteiger partial charge is 0.334 e. The van der Waals surface area contributed by atoms with Crippen LogP contribution in [-0.4, -0.2) is 9.97 Å². The molecule has 0 aliphatic carbocycles. The highest BCUT2D eigenvalue weighted by Gasteiger charge is 2.21. The predicted octanol–water partition coefficient (Wildman–Crippen LogP) is 2.22. The van der Waals surface area contributed by atoms with Crippen LogP contribution in [0.4, 0.5) is 0 Å². The number of aromatic amines is 1. The normalized spacial score (nSPS) is 13.2. The molecule has 4 nitrogen and oxygen atoms in total. The minimum atomic E-state index is 0.357. The fourth-order valence-electron chi connectivity index (χ4n) is 1.85. The van der Waals surface area contributed by atoms with Crippen LogP contribution < -0.4 is 4.57 Å². The molecule has 2 aromatic heterocycles. The Morgan fingerprint density at radius 3 is 2.88 bits per heavy atom. The first-order chi connectivity index (χ1) is 7.68. The number of imidazole rings is 1. The van der Waals surface area contributed by atoms with Gasteiger partial charge in [0.2, 0.25) is 5.69 Å². The molecule has 0 saturated carbocycles. The van der Waals surface area contributed by atoms with Crippen molar-refractivity contribution in [3.05, 3.63) is 36.6 Å². The maximum atomic E-state index is 5.26. The van der Waals surface area contributed by atoms with Crippen molar-refractivity contribution in [1.82, 2.24) is 9.97 Å². The summed E-state index contributed by atoms with van der Waals surface area (Å²) in [5, 5.41) is 0. The van der Waals surface area contributed by atoms with Crippen molar-refractivity contribution < 1.29 is 8.98 Å². The lowest BCUT2D eigenvalue weighted by atomic mass is 10.1. The van der Waals surface area contributed by atoms with Gasteiger partial charge < -0.3 is 9.40 Å². The van der Waals surface area contributed by atoms with Crippen molar-refractivity contribution >= 4 is 0 Å². The second-order valence-corrected chi connectivity index (χ2v) is 4.47. The molecular formula is C12H18N3O+. The van der Waals surface area contributed by atoms with Gasteiger partial charge >= 0.3 is 6.39 Å². The minimum absolute atomic E-state index is 0.357. The number of hydrogen-bond donors (Lipinski definition) is 1. The molecule has 1 N–H and O–H groups in total. The van der Waals surface area contributed by atoms with Gasteiger partial charge in [0.05, 0.1) is 5.92 Å². The molecule has 1 atom stereocenters. The standard InChI is InChI=1S/C12H18N3O/c1-9(2)11-7-16-8-15(11)6-10(3)12-13-4-5-14-12/h4-5,7-10H,6H2,1-3H3,(H,13,14)/q+1. The summed E-state index contributed by atoms with van der Waals surface area (Å²) in [7, 11) is 0. The van der Waals surface area contributed by atoms with E-state index in [0.29, 0.717) is 11.8 Å². The summed E-state index contributed by atoms with van der Waals surface area (Å²) in [4.78, 5) is 7.41. The Morgan fingerprint density at radius 2 is 2.25 bits per heavy atom. The van der Waals surface area contributed by atoms with E-state index in [-0.39, 0.29) is 0 Å². The van der Waals surface area contributed by atoms with Crippen molar-refractivity contribution in [2.24, 2.45) is 0 Å². The lowest BCUT2D eigenvalue weighted by Crippen LogP contribution is -2.38. The van der Waals surface area contributed by atoms with Gasteiger partial charge in [0.1, 0.15) is 5.82 Å². The van der Waals surface area contributed by atoms with E-state index in [4.69, 9.17) is 4.42 Å². The fraction of sp³-hybridized carbons (Fsp3) is 0.500. The van der Waals surface area contributed by atoms with Crippen molar-refractivity contribution in [2.45, 2.75) is 39.2 Å². The molecule has 4 heteroatoms. The second kappa shape index (κ2) is 4.51. The van der Waals surface area contributed by atoms with Gasteiger partial charge in [-0.05, 0) is 6.92 Å². The Bertz CT molecular complexity index is 431. The molecule has 0 radical (unpaired) electrons. The molecule has 0 fully saturated rings. The van der Waals surface area contributed by atoms with Gasteiger partial charge in [-0.25, -0.2) is 4.98 Å². The molecule has 2 rings (SSSR count). The van der Waals surface area contributed by atoms with E-state index in [1.165, 1.54) is 5.69 Å². The zero-order valence-electron chi connectivity index (χ0n) is 9.97. The molecule has 2 heterocycles. The van der Waals surface area contributed by atoms with Crippen LogP contribution in [0.25, 0.3) is 0 Å². The molecule has 0 saturated heterocycles. The molecule has 86 valence electrons. The summed E-state index contributed by atoms with van der Waals surface area (Å²) in [5.74, 6) is 1.85. The number of nitrogens with zero attached hydrogens (tertiary/aromatic N) is 2. The minimum Gasteiger partial charge on any atom is -0.412 e. The van der Waals surface area contributed by atoms with E-state index in [9.17, 15) is 0 Å². The predicted molar refractivity (Wildman–Crippen MR) is 60.0 cm³/mol. The third-order valence-corrected chi connectivity index (χ3v) is 2.76. The highest BCUT2D eigenvalue weighted by molar-refractivity contribution is 4.94. The van der Waals surface area contributed by atoms with Crippen LogP contribution in [0.3, 0.4) is 0 Å². The van der Waals surface area contributed by atoms with Crippen molar-refractivity contribution in [3.8, 4) is 0 Å². The molecule has 0 aliphatic rings. The molecule has 0 amide bonds. The van der Waals surface area contributed by atoms with Crippen LogP contribution in [0.15, 0.2) is 29.5 Å². The number of nitrogens with one attached hydrogen (secondary N) is 1. The zero-order valence-corrected chi connectivity index (χ0v) is 9.97. The summed E-state index contributed by atoms with van der Waals surface area (Å²) < 4.78 is 7.41. The zero-order chi connectivity index (χ0) is 11.5. The highest BCUT2D eigenvalue weighted by Crippen LogP contribution is 2.13. The summed E-state index contributed by atoms with van der Waals surface area (Å²) >= 11 is 0. The average Bonchev–Trinajstić information content (AvgIpc) is 2.86. The van der Waals surface area contributed by atoms with Crippen LogP contribution in [0.1, 0.15) is 44.1 Å². The summed E-state index contributed by atoms with van der Waals surface area (Å²) in [6.07, 6.45) is 7.23. The quantitative estimate of drug-likeness (QED) is 0.803. The largest absolute Gasteiger partial charge is 0.412 e. The van der Waals surface area contributed by atoms with Crippen LogP contribution in [0.2, 0.25) is 0 Å². The van der Waals surface area contributed by atoms with E-state index in [2.05, 4.69) is 35.3 Å². The Hall–Kier alpha value is -1.58. The molecule has 0 spiro atoms. The fourth-order valence-corrected chi connectivity index (χ4v) is 1.85. The Morgan fingerprint density at radius 1 is 1.44 bits per heavy atom. The first-order valence-electron chi connectivity index (χ1n) is 5.63. The van der Waals surface area contributed by atoms with Crippen LogP contribution in [-0.2, 0) is 6.54 Å². The third-order valence-electron chi connectivity index (χ3n) is 2.76. The molecule has 0 aromatic carbocycles. The average molecular weight is 220 g/mol. The van der Waals surface area contributed by atoms with Gasteiger partial charge in [0, 0.05) is 18.3 Å². The highest BCUT2D eigenvalue weighted by atomic mass is 16.3. The number of hydrogen-bond acceptors (Lipinski definition) is 2. The van der Waals surface area contributed by atoms with Crippen molar-refractivity contribution in [3.63, 3.8) is 0 Å². The topological polar surface area (TPSA) is 45.7 Å².